The summed E-state index contributed by atoms with van der Waals surface area (Å²) in [5, 5.41) is 0.889. The molecule has 4 aromatic carbocycles. The molecule has 4 aromatic rings. The predicted octanol–water partition coefficient (Wildman–Crippen LogP) is 5.38. The van der Waals surface area contributed by atoms with E-state index >= 15 is 0 Å². The van der Waals surface area contributed by atoms with E-state index in [1.807, 2.05) is 115 Å². The molecule has 0 fully saturated rings. The van der Waals surface area contributed by atoms with E-state index in [9.17, 15) is 0 Å². The Hall–Kier alpha value is -3.50. The second-order valence-electron chi connectivity index (χ2n) is 6.67. The van der Waals surface area contributed by atoms with Crippen LogP contribution in [-0.4, -0.2) is 8.80 Å². The van der Waals surface area contributed by atoms with Gasteiger partial charge in [0.25, 0.3) is 0 Å². The van der Waals surface area contributed by atoms with Gasteiger partial charge < -0.3 is 13.3 Å². The Morgan fingerprint density at radius 2 is 0.793 bits per heavy atom. The summed E-state index contributed by atoms with van der Waals surface area (Å²) in [6.45, 7) is 2.06. The summed E-state index contributed by atoms with van der Waals surface area (Å²) in [6.07, 6.45) is 0. The molecule has 0 heterocycles. The number of rotatable bonds is 7. The fraction of sp³-hybridized carbons (Fsp3) is 0.0400. The second kappa shape index (κ2) is 8.67. The highest BCUT2D eigenvalue weighted by molar-refractivity contribution is 6.77. The van der Waals surface area contributed by atoms with E-state index < -0.39 is 8.80 Å². The lowest BCUT2D eigenvalue weighted by Gasteiger charge is -2.30. The summed E-state index contributed by atoms with van der Waals surface area (Å²) in [7, 11) is -3.42. The van der Waals surface area contributed by atoms with Gasteiger partial charge in [0.15, 0.2) is 0 Å². The Kier molecular flexibility index (Phi) is 5.63. The van der Waals surface area contributed by atoms with Crippen LogP contribution in [0.25, 0.3) is 0 Å². The minimum atomic E-state index is -3.42. The maximum atomic E-state index is 6.53. The van der Waals surface area contributed by atoms with Crippen LogP contribution >= 0.6 is 0 Å². The van der Waals surface area contributed by atoms with Crippen LogP contribution in [0.2, 0.25) is 0 Å². The first kappa shape index (κ1) is 18.8. The average Bonchev–Trinajstić information content (AvgIpc) is 2.76. The van der Waals surface area contributed by atoms with Crippen LogP contribution in [0.5, 0.6) is 17.2 Å². The fourth-order valence-corrected chi connectivity index (χ4v) is 5.32. The normalized spacial score (nSPS) is 10.9. The van der Waals surface area contributed by atoms with Gasteiger partial charge >= 0.3 is 8.80 Å². The van der Waals surface area contributed by atoms with Crippen molar-refractivity contribution in [3.05, 3.63) is 121 Å². The maximum absolute atomic E-state index is 6.53. The van der Waals surface area contributed by atoms with Gasteiger partial charge in [-0.1, -0.05) is 84.4 Å². The maximum Gasteiger partial charge on any atom is 0.737 e. The Morgan fingerprint density at radius 3 is 1.14 bits per heavy atom. The number of benzene rings is 4. The third-order valence-corrected chi connectivity index (χ3v) is 6.95. The molecule has 0 aliphatic heterocycles. The van der Waals surface area contributed by atoms with Crippen LogP contribution < -0.4 is 18.5 Å². The fourth-order valence-electron chi connectivity index (χ4n) is 2.93. The van der Waals surface area contributed by atoms with E-state index in [0.29, 0.717) is 17.2 Å². The van der Waals surface area contributed by atoms with Crippen LogP contribution in [-0.2, 0) is 0 Å². The number of hydrogen-bond acceptors (Lipinski definition) is 3. The average molecular weight is 399 g/mol. The molecule has 0 saturated carbocycles. The van der Waals surface area contributed by atoms with Crippen molar-refractivity contribution in [3.63, 3.8) is 0 Å². The molecule has 4 rings (SSSR count). The summed E-state index contributed by atoms with van der Waals surface area (Å²) in [5.74, 6) is 2.10. The van der Waals surface area contributed by atoms with Crippen molar-refractivity contribution in [1.29, 1.82) is 0 Å². The molecule has 0 aliphatic carbocycles. The first-order valence-corrected chi connectivity index (χ1v) is 11.3. The van der Waals surface area contributed by atoms with Gasteiger partial charge in [-0.05, 0) is 43.3 Å². The predicted molar refractivity (Wildman–Crippen MR) is 118 cm³/mol. The molecular weight excluding hydrogens is 376 g/mol. The molecule has 0 unspecified atom stereocenters. The zero-order valence-corrected chi connectivity index (χ0v) is 17.2. The Balaban J connectivity index is 1.83. The van der Waals surface area contributed by atoms with E-state index in [4.69, 9.17) is 13.3 Å². The molecule has 144 valence electrons. The summed E-state index contributed by atoms with van der Waals surface area (Å²) >= 11 is 0. The van der Waals surface area contributed by atoms with Gasteiger partial charge in [0.05, 0.1) is 5.19 Å². The molecule has 0 saturated heterocycles. The first-order chi connectivity index (χ1) is 14.2. The van der Waals surface area contributed by atoms with Gasteiger partial charge in [0.2, 0.25) is 0 Å². The van der Waals surface area contributed by atoms with E-state index in [-0.39, 0.29) is 0 Å². The van der Waals surface area contributed by atoms with Crippen LogP contribution in [0.15, 0.2) is 115 Å². The lowest BCUT2D eigenvalue weighted by molar-refractivity contribution is 0.281. The summed E-state index contributed by atoms with van der Waals surface area (Å²) in [4.78, 5) is 0. The molecule has 0 spiro atoms. The highest BCUT2D eigenvalue weighted by atomic mass is 28.4. The van der Waals surface area contributed by atoms with Crippen LogP contribution in [0, 0.1) is 6.92 Å². The van der Waals surface area contributed by atoms with Gasteiger partial charge in [-0.3, -0.25) is 0 Å². The zero-order valence-electron chi connectivity index (χ0n) is 16.2. The minimum Gasteiger partial charge on any atom is -0.480 e. The lowest BCUT2D eigenvalue weighted by atomic mass is 10.2. The van der Waals surface area contributed by atoms with Gasteiger partial charge in [0.1, 0.15) is 17.2 Å². The largest absolute Gasteiger partial charge is 0.737 e. The lowest BCUT2D eigenvalue weighted by Crippen LogP contribution is -2.64. The SMILES string of the molecule is Cc1ccc([Si](Oc2ccccc2)(Oc2ccccc2)Oc2ccccc2)cc1. The summed E-state index contributed by atoms with van der Waals surface area (Å²) in [6, 6.07) is 37.1. The van der Waals surface area contributed by atoms with E-state index in [0.717, 1.165) is 10.8 Å². The van der Waals surface area contributed by atoms with Crippen LogP contribution in [0.3, 0.4) is 0 Å². The van der Waals surface area contributed by atoms with Crippen molar-refractivity contribution in [2.24, 2.45) is 0 Å². The van der Waals surface area contributed by atoms with Crippen LogP contribution in [0.4, 0.5) is 0 Å². The molecule has 0 aliphatic rings. The van der Waals surface area contributed by atoms with Gasteiger partial charge in [-0.15, -0.1) is 0 Å². The number of hydrogen-bond donors (Lipinski definition) is 0. The third-order valence-electron chi connectivity index (χ3n) is 4.39. The van der Waals surface area contributed by atoms with Gasteiger partial charge in [-0.2, -0.15) is 0 Å². The van der Waals surface area contributed by atoms with Crippen molar-refractivity contribution in [3.8, 4) is 17.2 Å². The molecule has 0 N–H and O–H groups in total. The summed E-state index contributed by atoms with van der Waals surface area (Å²) in [5.41, 5.74) is 1.16. The van der Waals surface area contributed by atoms with Crippen molar-refractivity contribution in [1.82, 2.24) is 0 Å². The highest BCUT2D eigenvalue weighted by Crippen LogP contribution is 2.24. The van der Waals surface area contributed by atoms with Crippen LogP contribution in [0.1, 0.15) is 5.56 Å². The molecule has 29 heavy (non-hydrogen) atoms. The molecule has 0 atom stereocenters. The third kappa shape index (κ3) is 4.68. The van der Waals surface area contributed by atoms with Gasteiger partial charge in [0, 0.05) is 0 Å². The highest BCUT2D eigenvalue weighted by Gasteiger charge is 2.52. The molecule has 0 aromatic heterocycles. The topological polar surface area (TPSA) is 27.7 Å². The molecular formula is C25H22O3Si. The van der Waals surface area contributed by atoms with E-state index in [1.54, 1.807) is 0 Å². The standard InChI is InChI=1S/C25H22O3Si/c1-21-17-19-25(20-18-21)29(26-22-11-5-2-6-12-22,27-23-13-7-3-8-14-23)28-24-15-9-4-10-16-24/h2-20H,1H3. The molecule has 4 heteroatoms. The first-order valence-electron chi connectivity index (χ1n) is 9.53. The molecule has 0 amide bonds. The summed E-state index contributed by atoms with van der Waals surface area (Å²) < 4.78 is 19.6. The second-order valence-corrected chi connectivity index (χ2v) is 8.97. The Morgan fingerprint density at radius 1 is 0.448 bits per heavy atom. The van der Waals surface area contributed by atoms with Gasteiger partial charge in [-0.25, -0.2) is 0 Å². The van der Waals surface area contributed by atoms with Crippen molar-refractivity contribution in [2.75, 3.05) is 0 Å². The monoisotopic (exact) mass is 398 g/mol. The Bertz CT molecular complexity index is 918. The molecule has 0 bridgehead atoms. The molecule has 0 radical (unpaired) electrons. The van der Waals surface area contributed by atoms with Crippen molar-refractivity contribution in [2.45, 2.75) is 6.92 Å². The quantitative estimate of drug-likeness (QED) is 0.391. The smallest absolute Gasteiger partial charge is 0.480 e. The Labute approximate surface area is 172 Å². The number of aryl methyl sites for hydroxylation is 1. The molecule has 3 nitrogen and oxygen atoms in total. The van der Waals surface area contributed by atoms with E-state index in [1.165, 1.54) is 0 Å². The zero-order chi connectivity index (χ0) is 19.9. The minimum absolute atomic E-state index is 0.701. The number of para-hydroxylation sites is 3. The van der Waals surface area contributed by atoms with Crippen molar-refractivity contribution >= 4 is 14.0 Å². The van der Waals surface area contributed by atoms with Crippen molar-refractivity contribution < 1.29 is 13.3 Å². The van der Waals surface area contributed by atoms with E-state index in [2.05, 4.69) is 6.92 Å².